The molecule has 2 heterocycles. The van der Waals surface area contributed by atoms with E-state index in [2.05, 4.69) is 9.98 Å². The highest BCUT2D eigenvalue weighted by Crippen LogP contribution is 2.31. The number of pyridine rings is 1. The average Bonchev–Trinajstić information content (AvgIpc) is 2.66. The van der Waals surface area contributed by atoms with E-state index in [1.165, 1.54) is 6.07 Å². The summed E-state index contributed by atoms with van der Waals surface area (Å²) < 4.78 is 38.5. The van der Waals surface area contributed by atoms with Gasteiger partial charge in [-0.25, -0.2) is 0 Å². The minimum Gasteiger partial charge on any atom is -0.398 e. The summed E-state index contributed by atoms with van der Waals surface area (Å²) in [6.07, 6.45) is 0.670. The van der Waals surface area contributed by atoms with Gasteiger partial charge in [0.2, 0.25) is 0 Å². The van der Waals surface area contributed by atoms with Gasteiger partial charge >= 0.3 is 6.18 Å². The number of aryl methyl sites for hydroxylation is 1. The topological polar surface area (TPSA) is 51.3 Å². The van der Waals surface area contributed by atoms with Crippen LogP contribution in [0.3, 0.4) is 0 Å². The average molecular weight is 317 g/mol. The number of aliphatic imine (C=N–C) groups is 1. The summed E-state index contributed by atoms with van der Waals surface area (Å²) in [7, 11) is 0. The molecule has 0 amide bonds. The smallest absolute Gasteiger partial charge is 0.398 e. The Morgan fingerprint density at radius 1 is 1.09 bits per heavy atom. The number of benzene rings is 1. The fourth-order valence-electron chi connectivity index (χ4n) is 2.60. The van der Waals surface area contributed by atoms with Crippen LogP contribution < -0.4 is 5.73 Å². The first kappa shape index (κ1) is 15.3. The molecule has 3 nitrogen and oxygen atoms in total. The van der Waals surface area contributed by atoms with Crippen LogP contribution in [0.2, 0.25) is 0 Å². The standard InChI is InChI=1S/C17H14F3N3/c1-10-8-11(17(18,19)20)2-3-12(10)16-13-4-6-22-9-14(13)15(21)5-7-23-16/h2-6,8-9H,7,21H2,1H3. The molecule has 0 saturated heterocycles. The second-order valence-electron chi connectivity index (χ2n) is 5.30. The van der Waals surface area contributed by atoms with Crippen molar-refractivity contribution in [1.29, 1.82) is 0 Å². The summed E-state index contributed by atoms with van der Waals surface area (Å²) in [5.74, 6) is 0. The van der Waals surface area contributed by atoms with Crippen molar-refractivity contribution in [3.8, 4) is 0 Å². The van der Waals surface area contributed by atoms with Crippen molar-refractivity contribution in [1.82, 2.24) is 4.98 Å². The Labute approximate surface area is 131 Å². The van der Waals surface area contributed by atoms with Gasteiger partial charge in [-0.2, -0.15) is 13.2 Å². The number of hydrogen-bond acceptors (Lipinski definition) is 3. The number of fused-ring (bicyclic) bond motifs is 1. The van der Waals surface area contributed by atoms with E-state index in [9.17, 15) is 13.2 Å². The Hall–Kier alpha value is -2.63. The number of rotatable bonds is 1. The largest absolute Gasteiger partial charge is 0.416 e. The molecule has 0 fully saturated rings. The van der Waals surface area contributed by atoms with Crippen LogP contribution in [-0.2, 0) is 6.18 Å². The third-order valence-corrected chi connectivity index (χ3v) is 3.76. The van der Waals surface area contributed by atoms with Crippen molar-refractivity contribution < 1.29 is 13.2 Å². The van der Waals surface area contributed by atoms with Gasteiger partial charge in [-0.1, -0.05) is 6.07 Å². The first-order valence-electron chi connectivity index (χ1n) is 7.01. The van der Waals surface area contributed by atoms with Crippen molar-refractivity contribution in [3.05, 3.63) is 70.6 Å². The lowest BCUT2D eigenvalue weighted by atomic mass is 9.94. The van der Waals surface area contributed by atoms with Gasteiger partial charge in [0, 0.05) is 34.8 Å². The number of aromatic nitrogens is 1. The Bertz CT molecular complexity index is 820. The maximum atomic E-state index is 12.8. The second-order valence-corrected chi connectivity index (χ2v) is 5.30. The summed E-state index contributed by atoms with van der Waals surface area (Å²) in [4.78, 5) is 8.55. The fourth-order valence-corrected chi connectivity index (χ4v) is 2.60. The summed E-state index contributed by atoms with van der Waals surface area (Å²) in [5.41, 5.74) is 9.22. The van der Waals surface area contributed by atoms with Crippen LogP contribution in [0.5, 0.6) is 0 Å². The SMILES string of the molecule is Cc1cc(C(F)(F)F)ccc1C1=NCC=C(N)c2cnccc21. The molecule has 23 heavy (non-hydrogen) atoms. The molecular formula is C17H14F3N3. The Morgan fingerprint density at radius 2 is 1.87 bits per heavy atom. The first-order chi connectivity index (χ1) is 10.9. The van der Waals surface area contributed by atoms with Crippen molar-refractivity contribution in [2.24, 2.45) is 10.7 Å². The maximum Gasteiger partial charge on any atom is 0.416 e. The molecule has 0 unspecified atom stereocenters. The van der Waals surface area contributed by atoms with Gasteiger partial charge in [0.05, 0.1) is 17.8 Å². The zero-order valence-electron chi connectivity index (χ0n) is 12.4. The van der Waals surface area contributed by atoms with Crippen LogP contribution in [0.1, 0.15) is 27.8 Å². The molecule has 0 radical (unpaired) electrons. The molecule has 1 aromatic heterocycles. The van der Waals surface area contributed by atoms with Crippen LogP contribution in [-0.4, -0.2) is 17.2 Å². The second kappa shape index (κ2) is 5.53. The van der Waals surface area contributed by atoms with Crippen molar-refractivity contribution >= 4 is 11.4 Å². The molecule has 1 aliphatic heterocycles. The lowest BCUT2D eigenvalue weighted by Gasteiger charge is -2.14. The molecule has 2 N–H and O–H groups in total. The van der Waals surface area contributed by atoms with Crippen LogP contribution in [0.15, 0.2) is 47.7 Å². The molecule has 0 aliphatic carbocycles. The fraction of sp³-hybridized carbons (Fsp3) is 0.176. The molecule has 3 rings (SSSR count). The minimum atomic E-state index is -4.36. The van der Waals surface area contributed by atoms with E-state index in [0.717, 1.165) is 23.3 Å². The number of nitrogens with two attached hydrogens (primary N) is 1. The number of hydrogen-bond donors (Lipinski definition) is 1. The quantitative estimate of drug-likeness (QED) is 0.874. The molecule has 0 atom stereocenters. The van der Waals surface area contributed by atoms with Gasteiger partial charge in [-0.15, -0.1) is 0 Å². The molecule has 118 valence electrons. The lowest BCUT2D eigenvalue weighted by molar-refractivity contribution is -0.137. The summed E-state index contributed by atoms with van der Waals surface area (Å²) >= 11 is 0. The van der Waals surface area contributed by atoms with Crippen LogP contribution in [0.25, 0.3) is 5.70 Å². The minimum absolute atomic E-state index is 0.371. The molecule has 0 saturated carbocycles. The van der Waals surface area contributed by atoms with Crippen LogP contribution in [0, 0.1) is 6.92 Å². The predicted molar refractivity (Wildman–Crippen MR) is 83.1 cm³/mol. The molecule has 0 spiro atoms. The van der Waals surface area contributed by atoms with E-state index in [-0.39, 0.29) is 0 Å². The predicted octanol–water partition coefficient (Wildman–Crippen LogP) is 3.56. The summed E-state index contributed by atoms with van der Waals surface area (Å²) in [6.45, 7) is 2.02. The number of alkyl halides is 3. The van der Waals surface area contributed by atoms with Gasteiger partial charge in [0.1, 0.15) is 0 Å². The third kappa shape index (κ3) is 2.84. The Balaban J connectivity index is 2.13. The van der Waals surface area contributed by atoms with Crippen molar-refractivity contribution in [2.45, 2.75) is 13.1 Å². The zero-order chi connectivity index (χ0) is 16.6. The monoisotopic (exact) mass is 317 g/mol. The summed E-state index contributed by atoms with van der Waals surface area (Å²) in [5, 5.41) is 0. The van der Waals surface area contributed by atoms with E-state index in [0.29, 0.717) is 29.1 Å². The van der Waals surface area contributed by atoms with Gasteiger partial charge in [0.25, 0.3) is 0 Å². The third-order valence-electron chi connectivity index (χ3n) is 3.76. The van der Waals surface area contributed by atoms with E-state index < -0.39 is 11.7 Å². The van der Waals surface area contributed by atoms with Gasteiger partial charge in [-0.05, 0) is 36.8 Å². The normalized spacial score (nSPS) is 14.6. The Kier molecular flexibility index (Phi) is 3.67. The van der Waals surface area contributed by atoms with E-state index >= 15 is 0 Å². The molecular weight excluding hydrogens is 303 g/mol. The highest BCUT2D eigenvalue weighted by molar-refractivity contribution is 6.16. The van der Waals surface area contributed by atoms with Gasteiger partial charge < -0.3 is 5.73 Å². The van der Waals surface area contributed by atoms with Gasteiger partial charge in [0.15, 0.2) is 0 Å². The molecule has 2 aromatic rings. The highest BCUT2D eigenvalue weighted by atomic mass is 19.4. The van der Waals surface area contributed by atoms with Crippen molar-refractivity contribution in [2.75, 3.05) is 6.54 Å². The first-order valence-corrected chi connectivity index (χ1v) is 7.01. The molecule has 1 aromatic carbocycles. The highest BCUT2D eigenvalue weighted by Gasteiger charge is 2.31. The summed E-state index contributed by atoms with van der Waals surface area (Å²) in [6, 6.07) is 5.45. The Morgan fingerprint density at radius 3 is 2.57 bits per heavy atom. The molecule has 1 aliphatic rings. The number of halogens is 3. The van der Waals surface area contributed by atoms with E-state index in [1.54, 1.807) is 31.5 Å². The van der Waals surface area contributed by atoms with E-state index in [1.807, 2.05) is 0 Å². The lowest BCUT2D eigenvalue weighted by Crippen LogP contribution is -2.12. The molecule has 6 heteroatoms. The number of nitrogens with zero attached hydrogens (tertiary/aromatic N) is 2. The van der Waals surface area contributed by atoms with Crippen molar-refractivity contribution in [3.63, 3.8) is 0 Å². The molecule has 0 bridgehead atoms. The van der Waals surface area contributed by atoms with Crippen LogP contribution in [0.4, 0.5) is 13.2 Å². The van der Waals surface area contributed by atoms with Crippen LogP contribution >= 0.6 is 0 Å². The van der Waals surface area contributed by atoms with Gasteiger partial charge in [-0.3, -0.25) is 9.98 Å². The maximum absolute atomic E-state index is 12.8. The van der Waals surface area contributed by atoms with E-state index in [4.69, 9.17) is 5.73 Å². The zero-order valence-corrected chi connectivity index (χ0v) is 12.4.